The number of amides is 1. The monoisotopic (exact) mass is 416 g/mol. The van der Waals surface area contributed by atoms with E-state index >= 15 is 0 Å². The van der Waals surface area contributed by atoms with Crippen LogP contribution in [-0.2, 0) is 10.0 Å². The number of carbonyl (C=O) groups excluding carboxylic acids is 1. The molecule has 0 heterocycles. The van der Waals surface area contributed by atoms with Crippen LogP contribution in [0.1, 0.15) is 24.2 Å². The van der Waals surface area contributed by atoms with E-state index in [0.717, 1.165) is 0 Å². The fourth-order valence-corrected chi connectivity index (χ4v) is 3.66. The third-order valence-electron chi connectivity index (χ3n) is 3.34. The zero-order valence-electron chi connectivity index (χ0n) is 14.3. The summed E-state index contributed by atoms with van der Waals surface area (Å²) in [4.78, 5) is 12.2. The fourth-order valence-electron chi connectivity index (χ4n) is 2.16. The minimum absolute atomic E-state index is 0.0871. The minimum Gasteiger partial charge on any atom is -0.496 e. The fraction of sp³-hybridized carbons (Fsp3) is 0.235. The second-order valence-electron chi connectivity index (χ2n) is 5.70. The van der Waals surface area contributed by atoms with Crippen LogP contribution in [0.4, 0.5) is 5.69 Å². The van der Waals surface area contributed by atoms with Gasteiger partial charge in [-0.2, -0.15) is 0 Å². The molecule has 0 radical (unpaired) electrons. The molecule has 0 saturated heterocycles. The van der Waals surface area contributed by atoms with E-state index in [4.69, 9.17) is 27.9 Å². The summed E-state index contributed by atoms with van der Waals surface area (Å²) in [6, 6.07) is 8.50. The van der Waals surface area contributed by atoms with E-state index in [9.17, 15) is 13.2 Å². The molecule has 2 aromatic rings. The zero-order chi connectivity index (χ0) is 19.5. The standard InChI is InChI=1S/C17H18Cl2N2O4S/c1-10(2)20-17(22)12-9-11(7-8-15(12)25-3)26(23,24)21-14-6-4-5-13(18)16(14)19/h4-10,21H,1-3H3,(H,20,22). The van der Waals surface area contributed by atoms with Crippen LogP contribution in [0.25, 0.3) is 0 Å². The number of hydrogen-bond donors (Lipinski definition) is 2. The van der Waals surface area contributed by atoms with E-state index in [1.165, 1.54) is 31.4 Å². The van der Waals surface area contributed by atoms with Crippen LogP contribution in [0.5, 0.6) is 5.75 Å². The Labute approximate surface area is 162 Å². The van der Waals surface area contributed by atoms with E-state index in [1.807, 2.05) is 0 Å². The van der Waals surface area contributed by atoms with Crippen LogP contribution in [0.2, 0.25) is 10.0 Å². The lowest BCUT2D eigenvalue weighted by molar-refractivity contribution is 0.0940. The Kier molecular flexibility index (Phi) is 6.39. The maximum atomic E-state index is 12.7. The molecule has 0 saturated carbocycles. The first kappa shape index (κ1) is 20.4. The highest BCUT2D eigenvalue weighted by molar-refractivity contribution is 7.92. The van der Waals surface area contributed by atoms with Crippen molar-refractivity contribution in [2.45, 2.75) is 24.8 Å². The number of methoxy groups -OCH3 is 1. The van der Waals surface area contributed by atoms with Crippen LogP contribution in [0, 0.1) is 0 Å². The number of carbonyl (C=O) groups is 1. The van der Waals surface area contributed by atoms with Gasteiger partial charge in [0.2, 0.25) is 0 Å². The average molecular weight is 417 g/mol. The van der Waals surface area contributed by atoms with Crippen LogP contribution in [0.15, 0.2) is 41.3 Å². The van der Waals surface area contributed by atoms with E-state index < -0.39 is 15.9 Å². The van der Waals surface area contributed by atoms with Crippen molar-refractivity contribution in [3.05, 3.63) is 52.0 Å². The van der Waals surface area contributed by atoms with Gasteiger partial charge in [-0.15, -0.1) is 0 Å². The smallest absolute Gasteiger partial charge is 0.261 e. The number of hydrogen-bond acceptors (Lipinski definition) is 4. The molecule has 0 aliphatic heterocycles. The molecule has 6 nitrogen and oxygen atoms in total. The van der Waals surface area contributed by atoms with E-state index in [2.05, 4.69) is 10.0 Å². The van der Waals surface area contributed by atoms with Gasteiger partial charge in [0.25, 0.3) is 15.9 Å². The van der Waals surface area contributed by atoms with Gasteiger partial charge in [0, 0.05) is 6.04 Å². The van der Waals surface area contributed by atoms with Gasteiger partial charge in [0.05, 0.1) is 33.3 Å². The quantitative estimate of drug-likeness (QED) is 0.746. The number of anilines is 1. The molecule has 0 bridgehead atoms. The van der Waals surface area contributed by atoms with Crippen molar-refractivity contribution in [3.8, 4) is 5.75 Å². The predicted molar refractivity (Wildman–Crippen MR) is 103 cm³/mol. The molecule has 2 rings (SSSR count). The van der Waals surface area contributed by atoms with E-state index in [-0.39, 0.29) is 38.0 Å². The average Bonchev–Trinajstić information content (AvgIpc) is 2.57. The molecule has 0 unspecified atom stereocenters. The van der Waals surface area contributed by atoms with Crippen molar-refractivity contribution >= 4 is 44.8 Å². The van der Waals surface area contributed by atoms with E-state index in [1.54, 1.807) is 26.0 Å². The summed E-state index contributed by atoms with van der Waals surface area (Å²) in [5.74, 6) is -0.169. The Hall–Kier alpha value is -1.96. The predicted octanol–water partition coefficient (Wildman–Crippen LogP) is 3.94. The lowest BCUT2D eigenvalue weighted by atomic mass is 10.2. The molecule has 26 heavy (non-hydrogen) atoms. The summed E-state index contributed by atoms with van der Waals surface area (Å²) in [5, 5.41) is 3.01. The highest BCUT2D eigenvalue weighted by Crippen LogP contribution is 2.31. The van der Waals surface area contributed by atoms with Crippen LogP contribution < -0.4 is 14.8 Å². The van der Waals surface area contributed by atoms with Crippen molar-refractivity contribution < 1.29 is 17.9 Å². The van der Waals surface area contributed by atoms with Crippen LogP contribution in [-0.4, -0.2) is 27.5 Å². The van der Waals surface area contributed by atoms with Gasteiger partial charge in [0.15, 0.2) is 0 Å². The lowest BCUT2D eigenvalue weighted by Crippen LogP contribution is -2.30. The van der Waals surface area contributed by atoms with Gasteiger partial charge in [0.1, 0.15) is 5.75 Å². The summed E-state index contributed by atoms with van der Waals surface area (Å²) in [6.07, 6.45) is 0. The molecule has 0 aliphatic rings. The molecule has 9 heteroatoms. The van der Waals surface area contributed by atoms with Crippen LogP contribution in [0.3, 0.4) is 0 Å². The molecule has 0 spiro atoms. The van der Waals surface area contributed by atoms with Crippen molar-refractivity contribution in [2.75, 3.05) is 11.8 Å². The molecule has 2 N–H and O–H groups in total. The third-order valence-corrected chi connectivity index (χ3v) is 5.52. The molecule has 0 aliphatic carbocycles. The highest BCUT2D eigenvalue weighted by atomic mass is 35.5. The summed E-state index contributed by atoms with van der Waals surface area (Å²) in [5.41, 5.74) is 0.254. The number of benzene rings is 2. The maximum absolute atomic E-state index is 12.7. The van der Waals surface area contributed by atoms with Gasteiger partial charge in [-0.3, -0.25) is 9.52 Å². The summed E-state index contributed by atoms with van der Waals surface area (Å²) in [6.45, 7) is 3.60. The second kappa shape index (κ2) is 8.16. The molecular weight excluding hydrogens is 399 g/mol. The Morgan fingerprint density at radius 2 is 1.85 bits per heavy atom. The number of nitrogens with one attached hydrogen (secondary N) is 2. The molecule has 140 valence electrons. The molecule has 0 atom stereocenters. The molecular formula is C17H18Cl2N2O4S. The van der Waals surface area contributed by atoms with Gasteiger partial charge >= 0.3 is 0 Å². The first-order chi connectivity index (χ1) is 12.2. The number of sulfonamides is 1. The van der Waals surface area contributed by atoms with Gasteiger partial charge in [-0.25, -0.2) is 8.42 Å². The number of ether oxygens (including phenoxy) is 1. The number of halogens is 2. The molecule has 2 aromatic carbocycles. The number of rotatable bonds is 6. The van der Waals surface area contributed by atoms with Crippen molar-refractivity contribution in [1.29, 1.82) is 0 Å². The van der Waals surface area contributed by atoms with Crippen molar-refractivity contribution in [3.63, 3.8) is 0 Å². The maximum Gasteiger partial charge on any atom is 0.261 e. The first-order valence-corrected chi connectivity index (χ1v) is 9.85. The van der Waals surface area contributed by atoms with E-state index in [0.29, 0.717) is 0 Å². The Balaban J connectivity index is 2.43. The highest BCUT2D eigenvalue weighted by Gasteiger charge is 2.21. The third kappa shape index (κ3) is 4.60. The molecule has 0 aromatic heterocycles. The molecule has 1 amide bonds. The largest absolute Gasteiger partial charge is 0.496 e. The first-order valence-electron chi connectivity index (χ1n) is 7.61. The summed E-state index contributed by atoms with van der Waals surface area (Å²) < 4.78 is 32.9. The molecule has 0 fully saturated rings. The van der Waals surface area contributed by atoms with Gasteiger partial charge < -0.3 is 10.1 Å². The summed E-state index contributed by atoms with van der Waals surface area (Å²) >= 11 is 11.9. The zero-order valence-corrected chi connectivity index (χ0v) is 16.7. The Morgan fingerprint density at radius 3 is 2.46 bits per heavy atom. The Morgan fingerprint density at radius 1 is 1.15 bits per heavy atom. The normalized spacial score (nSPS) is 11.3. The Bertz CT molecular complexity index is 930. The lowest BCUT2D eigenvalue weighted by Gasteiger charge is -2.14. The second-order valence-corrected chi connectivity index (χ2v) is 8.16. The van der Waals surface area contributed by atoms with Crippen molar-refractivity contribution in [1.82, 2.24) is 5.32 Å². The van der Waals surface area contributed by atoms with Gasteiger partial charge in [-0.1, -0.05) is 29.3 Å². The van der Waals surface area contributed by atoms with Crippen LogP contribution >= 0.6 is 23.2 Å². The SMILES string of the molecule is COc1ccc(S(=O)(=O)Nc2cccc(Cl)c2Cl)cc1C(=O)NC(C)C. The summed E-state index contributed by atoms with van der Waals surface area (Å²) in [7, 11) is -2.59. The minimum atomic E-state index is -3.99. The van der Waals surface area contributed by atoms with Gasteiger partial charge in [-0.05, 0) is 44.2 Å². The van der Waals surface area contributed by atoms with Crippen molar-refractivity contribution in [2.24, 2.45) is 0 Å². The topological polar surface area (TPSA) is 84.5 Å².